The number of likely N-dealkylation sites (N-methyl/N-ethyl adjacent to an activating group) is 1. The molecule has 1 aliphatic rings. The molecule has 0 bridgehead atoms. The zero-order chi connectivity index (χ0) is 13.7. The summed E-state index contributed by atoms with van der Waals surface area (Å²) in [5.74, 6) is 0.850. The Morgan fingerprint density at radius 1 is 1.37 bits per heavy atom. The van der Waals surface area contributed by atoms with E-state index < -0.39 is 0 Å². The SMILES string of the molecule is CC(C)N(C)CCNC(c1cccs1)C1CCCC1. The van der Waals surface area contributed by atoms with Gasteiger partial charge in [-0.3, -0.25) is 0 Å². The fourth-order valence-electron chi connectivity index (χ4n) is 2.91. The molecule has 1 heterocycles. The number of nitrogens with zero attached hydrogens (tertiary/aromatic N) is 1. The van der Waals surface area contributed by atoms with Crippen LogP contribution in [0.1, 0.15) is 50.4 Å². The molecule has 1 unspecified atom stereocenters. The minimum atomic E-state index is 0.586. The Hall–Kier alpha value is -0.380. The van der Waals surface area contributed by atoms with Crippen molar-refractivity contribution in [1.82, 2.24) is 10.2 Å². The van der Waals surface area contributed by atoms with Crippen LogP contribution in [0.4, 0.5) is 0 Å². The number of nitrogens with one attached hydrogen (secondary N) is 1. The lowest BCUT2D eigenvalue weighted by Gasteiger charge is -2.26. The lowest BCUT2D eigenvalue weighted by atomic mass is 9.96. The van der Waals surface area contributed by atoms with Gasteiger partial charge in [0.2, 0.25) is 0 Å². The lowest BCUT2D eigenvalue weighted by Crippen LogP contribution is -2.36. The van der Waals surface area contributed by atoms with Crippen molar-refractivity contribution in [2.24, 2.45) is 5.92 Å². The summed E-state index contributed by atoms with van der Waals surface area (Å²) in [5, 5.41) is 6.03. The molecule has 19 heavy (non-hydrogen) atoms. The topological polar surface area (TPSA) is 15.3 Å². The third kappa shape index (κ3) is 4.30. The first-order valence-electron chi connectivity index (χ1n) is 7.65. The molecule has 3 heteroatoms. The minimum Gasteiger partial charge on any atom is -0.308 e. The predicted molar refractivity (Wildman–Crippen MR) is 84.8 cm³/mol. The molecule has 0 aliphatic heterocycles. The van der Waals surface area contributed by atoms with Crippen LogP contribution in [0.3, 0.4) is 0 Å². The molecule has 0 saturated heterocycles. The molecule has 0 radical (unpaired) electrons. The molecule has 1 atom stereocenters. The highest BCUT2D eigenvalue weighted by Crippen LogP contribution is 2.37. The second-order valence-corrected chi connectivity index (χ2v) is 7.05. The smallest absolute Gasteiger partial charge is 0.0443 e. The molecular weight excluding hydrogens is 252 g/mol. The van der Waals surface area contributed by atoms with E-state index in [9.17, 15) is 0 Å². The number of hydrogen-bond donors (Lipinski definition) is 1. The third-order valence-corrected chi connectivity index (χ3v) is 5.39. The highest BCUT2D eigenvalue weighted by molar-refractivity contribution is 7.10. The maximum atomic E-state index is 3.82. The quantitative estimate of drug-likeness (QED) is 0.814. The zero-order valence-corrected chi connectivity index (χ0v) is 13.4. The Balaban J connectivity index is 1.87. The van der Waals surface area contributed by atoms with Crippen molar-refractivity contribution in [2.45, 2.75) is 51.6 Å². The highest BCUT2D eigenvalue weighted by atomic mass is 32.1. The average Bonchev–Trinajstić information content (AvgIpc) is 3.07. The first kappa shape index (κ1) is 15.0. The van der Waals surface area contributed by atoms with Gasteiger partial charge in [0.1, 0.15) is 0 Å². The van der Waals surface area contributed by atoms with Crippen LogP contribution in [0.2, 0.25) is 0 Å². The van der Waals surface area contributed by atoms with Crippen LogP contribution in [0, 0.1) is 5.92 Å². The van der Waals surface area contributed by atoms with Crippen molar-refractivity contribution in [2.75, 3.05) is 20.1 Å². The Bertz CT molecular complexity index is 342. The predicted octanol–water partition coefficient (Wildman–Crippen LogP) is 3.91. The van der Waals surface area contributed by atoms with Crippen molar-refractivity contribution >= 4 is 11.3 Å². The normalized spacial score (nSPS) is 18.6. The minimum absolute atomic E-state index is 0.586. The molecule has 0 amide bonds. The summed E-state index contributed by atoms with van der Waals surface area (Å²) in [6.45, 7) is 6.74. The average molecular weight is 280 g/mol. The van der Waals surface area contributed by atoms with Crippen LogP contribution >= 0.6 is 11.3 Å². The fraction of sp³-hybridized carbons (Fsp3) is 0.750. The van der Waals surface area contributed by atoms with Crippen molar-refractivity contribution in [3.8, 4) is 0 Å². The van der Waals surface area contributed by atoms with E-state index in [1.807, 2.05) is 11.3 Å². The van der Waals surface area contributed by atoms with Crippen LogP contribution in [-0.4, -0.2) is 31.1 Å². The number of thiophene rings is 1. The zero-order valence-electron chi connectivity index (χ0n) is 12.6. The van der Waals surface area contributed by atoms with Crippen molar-refractivity contribution in [3.05, 3.63) is 22.4 Å². The first-order chi connectivity index (χ1) is 9.18. The van der Waals surface area contributed by atoms with E-state index in [0.717, 1.165) is 19.0 Å². The van der Waals surface area contributed by atoms with E-state index in [1.54, 1.807) is 0 Å². The van der Waals surface area contributed by atoms with Crippen LogP contribution in [0.15, 0.2) is 17.5 Å². The van der Waals surface area contributed by atoms with Gasteiger partial charge in [-0.1, -0.05) is 18.9 Å². The fourth-order valence-corrected chi connectivity index (χ4v) is 3.81. The molecule has 0 spiro atoms. The number of hydrogen-bond acceptors (Lipinski definition) is 3. The van der Waals surface area contributed by atoms with Crippen LogP contribution in [0.25, 0.3) is 0 Å². The Kier molecular flexibility index (Phi) is 5.86. The van der Waals surface area contributed by atoms with Crippen molar-refractivity contribution < 1.29 is 0 Å². The summed E-state index contributed by atoms with van der Waals surface area (Å²) in [5.41, 5.74) is 0. The van der Waals surface area contributed by atoms with Crippen LogP contribution < -0.4 is 5.32 Å². The summed E-state index contributed by atoms with van der Waals surface area (Å²) < 4.78 is 0. The molecule has 1 saturated carbocycles. The molecule has 1 N–H and O–H groups in total. The van der Waals surface area contributed by atoms with E-state index in [0.29, 0.717) is 12.1 Å². The number of rotatable bonds is 7. The van der Waals surface area contributed by atoms with E-state index in [2.05, 4.69) is 48.6 Å². The Morgan fingerprint density at radius 2 is 2.11 bits per heavy atom. The van der Waals surface area contributed by atoms with E-state index >= 15 is 0 Å². The van der Waals surface area contributed by atoms with E-state index in [-0.39, 0.29) is 0 Å². The second-order valence-electron chi connectivity index (χ2n) is 6.07. The molecular formula is C16H28N2S. The van der Waals surface area contributed by atoms with Gasteiger partial charge in [-0.15, -0.1) is 11.3 Å². The van der Waals surface area contributed by atoms with Gasteiger partial charge in [-0.05, 0) is 51.1 Å². The Morgan fingerprint density at radius 3 is 2.68 bits per heavy atom. The van der Waals surface area contributed by atoms with Gasteiger partial charge in [0.05, 0.1) is 0 Å². The second kappa shape index (κ2) is 7.41. The largest absolute Gasteiger partial charge is 0.308 e. The summed E-state index contributed by atoms with van der Waals surface area (Å²) >= 11 is 1.91. The molecule has 2 rings (SSSR count). The maximum Gasteiger partial charge on any atom is 0.0443 e. The van der Waals surface area contributed by atoms with Gasteiger partial charge in [-0.2, -0.15) is 0 Å². The molecule has 1 aromatic rings. The molecule has 2 nitrogen and oxygen atoms in total. The van der Waals surface area contributed by atoms with Gasteiger partial charge >= 0.3 is 0 Å². The first-order valence-corrected chi connectivity index (χ1v) is 8.53. The van der Waals surface area contributed by atoms with Gasteiger partial charge in [0.15, 0.2) is 0 Å². The van der Waals surface area contributed by atoms with Gasteiger partial charge in [0, 0.05) is 30.1 Å². The maximum absolute atomic E-state index is 3.82. The Labute approximate surface area is 122 Å². The highest BCUT2D eigenvalue weighted by Gasteiger charge is 2.26. The van der Waals surface area contributed by atoms with Crippen LogP contribution in [0.5, 0.6) is 0 Å². The van der Waals surface area contributed by atoms with E-state index in [1.165, 1.54) is 30.6 Å². The van der Waals surface area contributed by atoms with E-state index in [4.69, 9.17) is 0 Å². The summed E-state index contributed by atoms with van der Waals surface area (Å²) in [4.78, 5) is 3.94. The van der Waals surface area contributed by atoms with Gasteiger partial charge in [-0.25, -0.2) is 0 Å². The lowest BCUT2D eigenvalue weighted by molar-refractivity contribution is 0.260. The molecule has 0 aromatic carbocycles. The van der Waals surface area contributed by atoms with Gasteiger partial charge < -0.3 is 10.2 Å². The molecule has 1 fully saturated rings. The monoisotopic (exact) mass is 280 g/mol. The van der Waals surface area contributed by atoms with Gasteiger partial charge in [0.25, 0.3) is 0 Å². The van der Waals surface area contributed by atoms with Crippen LogP contribution in [-0.2, 0) is 0 Å². The summed E-state index contributed by atoms with van der Waals surface area (Å²) in [7, 11) is 2.21. The van der Waals surface area contributed by atoms with Crippen molar-refractivity contribution in [1.29, 1.82) is 0 Å². The standard InChI is InChI=1S/C16H28N2S/c1-13(2)18(3)11-10-17-16(14-7-4-5-8-14)15-9-6-12-19-15/h6,9,12-14,16-17H,4-5,7-8,10-11H2,1-3H3. The molecule has 108 valence electrons. The molecule has 1 aromatic heterocycles. The summed E-state index contributed by atoms with van der Waals surface area (Å²) in [6.07, 6.45) is 5.63. The summed E-state index contributed by atoms with van der Waals surface area (Å²) in [6, 6.07) is 5.70. The van der Waals surface area contributed by atoms with Crippen molar-refractivity contribution in [3.63, 3.8) is 0 Å². The molecule has 1 aliphatic carbocycles. The third-order valence-electron chi connectivity index (χ3n) is 4.43.